The lowest BCUT2D eigenvalue weighted by Crippen LogP contribution is -2.10. The minimum absolute atomic E-state index is 0.273. The van der Waals surface area contributed by atoms with E-state index in [9.17, 15) is 13.2 Å². The van der Waals surface area contributed by atoms with Crippen LogP contribution in [0.25, 0.3) is 5.65 Å². The molecule has 0 atom stereocenters. The normalized spacial score (nSPS) is 15.0. The van der Waals surface area contributed by atoms with Crippen LogP contribution in [0.3, 0.4) is 0 Å². The Balaban J connectivity index is 0.000000774. The number of alkyl halides is 3. The van der Waals surface area contributed by atoms with Crippen molar-refractivity contribution in [3.05, 3.63) is 28.2 Å². The number of halogens is 4. The Hall–Kier alpha value is -1.30. The molecule has 7 heteroatoms. The minimum atomic E-state index is -4.49. The summed E-state index contributed by atoms with van der Waals surface area (Å²) in [5.74, 6) is 0.867. The molecule has 3 nitrogen and oxygen atoms in total. The zero-order valence-corrected chi connectivity index (χ0v) is 12.9. The van der Waals surface area contributed by atoms with Crippen molar-refractivity contribution in [1.29, 1.82) is 0 Å². The Morgan fingerprint density at radius 3 is 2.43 bits per heavy atom. The van der Waals surface area contributed by atoms with Crippen molar-refractivity contribution in [3.63, 3.8) is 0 Å². The number of aryl methyl sites for hydroxylation is 1. The molecule has 0 spiro atoms. The molecule has 1 aliphatic rings. The quantitative estimate of drug-likeness (QED) is 0.739. The SMILES string of the molecule is CC.CCc1cc(C(F)(F)F)c(Cl)n2nc(C3CC3)nc12. The van der Waals surface area contributed by atoms with Gasteiger partial charge in [0.25, 0.3) is 0 Å². The van der Waals surface area contributed by atoms with Gasteiger partial charge >= 0.3 is 6.18 Å². The van der Waals surface area contributed by atoms with Gasteiger partial charge in [-0.05, 0) is 30.9 Å². The van der Waals surface area contributed by atoms with Gasteiger partial charge in [0.1, 0.15) is 5.15 Å². The van der Waals surface area contributed by atoms with Crippen LogP contribution in [-0.4, -0.2) is 14.6 Å². The Morgan fingerprint density at radius 2 is 1.95 bits per heavy atom. The standard InChI is InChI=1S/C12H11ClF3N3.C2H6/c1-2-6-5-8(12(14,15)16)9(13)19-11(6)17-10(18-19)7-3-4-7;1-2/h5,7H,2-4H2,1H3;1-2H3. The van der Waals surface area contributed by atoms with E-state index in [1.54, 1.807) is 6.92 Å². The van der Waals surface area contributed by atoms with Crippen molar-refractivity contribution in [2.24, 2.45) is 0 Å². The molecule has 0 unspecified atom stereocenters. The molecule has 2 aromatic heterocycles. The van der Waals surface area contributed by atoms with E-state index in [2.05, 4.69) is 10.1 Å². The molecule has 21 heavy (non-hydrogen) atoms. The van der Waals surface area contributed by atoms with Gasteiger partial charge in [0.05, 0.1) is 5.56 Å². The van der Waals surface area contributed by atoms with Crippen LogP contribution in [-0.2, 0) is 12.6 Å². The average molecular weight is 320 g/mol. The molecule has 0 saturated heterocycles. The van der Waals surface area contributed by atoms with Crippen LogP contribution < -0.4 is 0 Å². The Bertz CT molecular complexity index is 645. The fourth-order valence-electron chi connectivity index (χ4n) is 2.06. The lowest BCUT2D eigenvalue weighted by atomic mass is 10.1. The number of nitrogens with zero attached hydrogens (tertiary/aromatic N) is 3. The van der Waals surface area contributed by atoms with Gasteiger partial charge in [0.2, 0.25) is 0 Å². The van der Waals surface area contributed by atoms with Crippen LogP contribution in [0.5, 0.6) is 0 Å². The van der Waals surface area contributed by atoms with Crippen molar-refractivity contribution < 1.29 is 13.2 Å². The number of hydrogen-bond acceptors (Lipinski definition) is 2. The van der Waals surface area contributed by atoms with Gasteiger partial charge in [-0.3, -0.25) is 0 Å². The summed E-state index contributed by atoms with van der Waals surface area (Å²) < 4.78 is 39.9. The van der Waals surface area contributed by atoms with E-state index in [1.807, 2.05) is 13.8 Å². The summed E-state index contributed by atoms with van der Waals surface area (Å²) in [6.45, 7) is 5.79. The highest BCUT2D eigenvalue weighted by atomic mass is 35.5. The largest absolute Gasteiger partial charge is 0.419 e. The highest BCUT2D eigenvalue weighted by molar-refractivity contribution is 6.30. The molecule has 0 amide bonds. The third kappa shape index (κ3) is 3.00. The van der Waals surface area contributed by atoms with Crippen LogP contribution in [0, 0.1) is 0 Å². The van der Waals surface area contributed by atoms with Gasteiger partial charge in [0.15, 0.2) is 11.5 Å². The fourth-order valence-corrected chi connectivity index (χ4v) is 2.34. The van der Waals surface area contributed by atoms with Gasteiger partial charge in [-0.2, -0.15) is 13.2 Å². The topological polar surface area (TPSA) is 30.2 Å². The van der Waals surface area contributed by atoms with Gasteiger partial charge in [-0.15, -0.1) is 5.10 Å². The predicted molar refractivity (Wildman–Crippen MR) is 75.7 cm³/mol. The molecular weight excluding hydrogens is 303 g/mol. The van der Waals surface area contributed by atoms with Crippen molar-refractivity contribution >= 4 is 17.2 Å². The van der Waals surface area contributed by atoms with Crippen LogP contribution >= 0.6 is 11.6 Å². The first kappa shape index (κ1) is 16.1. The first-order valence-electron chi connectivity index (χ1n) is 7.07. The fraction of sp³-hybridized carbons (Fsp3) is 0.571. The van der Waals surface area contributed by atoms with Gasteiger partial charge in [-0.25, -0.2) is 9.50 Å². The zero-order chi connectivity index (χ0) is 15.8. The monoisotopic (exact) mass is 319 g/mol. The van der Waals surface area contributed by atoms with Crippen molar-refractivity contribution in [2.45, 2.75) is 52.1 Å². The Morgan fingerprint density at radius 1 is 1.33 bits per heavy atom. The smallest absolute Gasteiger partial charge is 0.211 e. The van der Waals surface area contributed by atoms with E-state index in [4.69, 9.17) is 11.6 Å². The molecule has 0 aliphatic heterocycles. The number of pyridine rings is 1. The summed E-state index contributed by atoms with van der Waals surface area (Å²) in [7, 11) is 0. The minimum Gasteiger partial charge on any atom is -0.211 e. The highest BCUT2D eigenvalue weighted by Crippen LogP contribution is 2.40. The maximum atomic E-state index is 12.9. The zero-order valence-electron chi connectivity index (χ0n) is 12.1. The van der Waals surface area contributed by atoms with Crippen molar-refractivity contribution in [1.82, 2.24) is 14.6 Å². The van der Waals surface area contributed by atoms with Crippen LogP contribution in [0.4, 0.5) is 13.2 Å². The van der Waals surface area contributed by atoms with E-state index < -0.39 is 16.9 Å². The molecule has 3 rings (SSSR count). The van der Waals surface area contributed by atoms with Crippen molar-refractivity contribution in [3.8, 4) is 0 Å². The Kier molecular flexibility index (Phi) is 4.46. The van der Waals surface area contributed by atoms with Crippen LogP contribution in [0.15, 0.2) is 6.07 Å². The van der Waals surface area contributed by atoms with Gasteiger partial charge in [-0.1, -0.05) is 32.4 Å². The molecular formula is C14H17ClF3N3. The first-order valence-corrected chi connectivity index (χ1v) is 7.45. The summed E-state index contributed by atoms with van der Waals surface area (Å²) >= 11 is 5.83. The van der Waals surface area contributed by atoms with E-state index in [0.29, 0.717) is 23.5 Å². The maximum Gasteiger partial charge on any atom is 0.419 e. The van der Waals surface area contributed by atoms with E-state index in [1.165, 1.54) is 0 Å². The van der Waals surface area contributed by atoms with E-state index in [0.717, 1.165) is 23.4 Å². The molecule has 2 heterocycles. The maximum absolute atomic E-state index is 12.9. The lowest BCUT2D eigenvalue weighted by Gasteiger charge is -2.11. The second-order valence-electron chi connectivity index (χ2n) is 4.71. The predicted octanol–water partition coefficient (Wildman–Crippen LogP) is 4.87. The van der Waals surface area contributed by atoms with Crippen molar-refractivity contribution in [2.75, 3.05) is 0 Å². The van der Waals surface area contributed by atoms with Crippen LogP contribution in [0.2, 0.25) is 5.15 Å². The van der Waals surface area contributed by atoms with Crippen LogP contribution in [0.1, 0.15) is 56.5 Å². The third-order valence-corrected chi connectivity index (χ3v) is 3.63. The molecule has 2 aromatic rings. The average Bonchev–Trinajstić information content (AvgIpc) is 3.19. The summed E-state index contributed by atoms with van der Waals surface area (Å²) in [4.78, 5) is 4.33. The Labute approximate surface area is 126 Å². The molecule has 0 radical (unpaired) electrons. The lowest BCUT2D eigenvalue weighted by molar-refractivity contribution is -0.137. The number of fused-ring (bicyclic) bond motifs is 1. The molecule has 1 aliphatic carbocycles. The number of rotatable bonds is 2. The molecule has 116 valence electrons. The third-order valence-electron chi connectivity index (χ3n) is 3.27. The van der Waals surface area contributed by atoms with E-state index >= 15 is 0 Å². The van der Waals surface area contributed by atoms with E-state index in [-0.39, 0.29) is 5.92 Å². The summed E-state index contributed by atoms with van der Waals surface area (Å²) in [5.41, 5.74) is 0.0873. The number of hydrogen-bond donors (Lipinski definition) is 0. The highest BCUT2D eigenvalue weighted by Gasteiger charge is 2.36. The number of aromatic nitrogens is 3. The molecule has 0 aromatic carbocycles. The summed E-state index contributed by atoms with van der Waals surface area (Å²) in [6, 6.07) is 1.07. The summed E-state index contributed by atoms with van der Waals surface area (Å²) in [6.07, 6.45) is -2.06. The molecule has 0 bridgehead atoms. The molecule has 1 fully saturated rings. The molecule has 1 saturated carbocycles. The first-order chi connectivity index (χ1) is 9.91. The van der Waals surface area contributed by atoms with Gasteiger partial charge < -0.3 is 0 Å². The summed E-state index contributed by atoms with van der Waals surface area (Å²) in [5, 5.41) is 3.71. The second kappa shape index (κ2) is 5.83. The second-order valence-corrected chi connectivity index (χ2v) is 5.06. The molecule has 0 N–H and O–H groups in total. The van der Waals surface area contributed by atoms with Gasteiger partial charge in [0, 0.05) is 5.92 Å².